The third-order valence-electron chi connectivity index (χ3n) is 1.76. The van der Waals surface area contributed by atoms with Gasteiger partial charge in [0, 0.05) is 12.6 Å². The summed E-state index contributed by atoms with van der Waals surface area (Å²) in [6.45, 7) is 0.396. The van der Waals surface area contributed by atoms with Gasteiger partial charge in [0.1, 0.15) is 24.2 Å². The maximum atomic E-state index is 9.16. The van der Waals surface area contributed by atoms with E-state index in [0.717, 1.165) is 5.75 Å². The van der Waals surface area contributed by atoms with E-state index in [4.69, 9.17) is 20.3 Å². The van der Waals surface area contributed by atoms with Gasteiger partial charge in [-0.15, -0.1) is 0 Å². The van der Waals surface area contributed by atoms with Gasteiger partial charge in [0.25, 0.3) is 0 Å². The molecule has 0 heterocycles. The van der Waals surface area contributed by atoms with Gasteiger partial charge >= 0.3 is 0 Å². The van der Waals surface area contributed by atoms with Gasteiger partial charge in [-0.1, -0.05) is 6.07 Å². The minimum Gasteiger partial charge on any atom is -0.497 e. The number of nitrogens with two attached hydrogens (primary N) is 1. The molecule has 0 amide bonds. The normalized spacial score (nSPS) is 12.2. The number of aliphatic hydroxyl groups is 1. The smallest absolute Gasteiger partial charge is 0.123 e. The van der Waals surface area contributed by atoms with Crippen molar-refractivity contribution >= 4 is 0 Å². The van der Waals surface area contributed by atoms with Crippen LogP contribution in [-0.4, -0.2) is 31.5 Å². The molecule has 0 aliphatic carbocycles. The second-order valence-electron chi connectivity index (χ2n) is 2.88. The summed E-state index contributed by atoms with van der Waals surface area (Å²) < 4.78 is 10.3. The predicted octanol–water partition coefficient (Wildman–Crippen LogP) is 0.394. The van der Waals surface area contributed by atoms with Gasteiger partial charge < -0.3 is 20.3 Å². The molecule has 1 aromatic carbocycles. The van der Waals surface area contributed by atoms with Gasteiger partial charge in [0.05, 0.1) is 7.11 Å². The number of benzene rings is 1. The Morgan fingerprint density at radius 2 is 2.14 bits per heavy atom. The molecule has 0 saturated heterocycles. The third-order valence-corrected chi connectivity index (χ3v) is 1.76. The molecule has 78 valence electrons. The van der Waals surface area contributed by atoms with Crippen molar-refractivity contribution in [3.63, 3.8) is 0 Å². The van der Waals surface area contributed by atoms with Crippen molar-refractivity contribution in [1.82, 2.24) is 0 Å². The molecule has 0 saturated carbocycles. The zero-order chi connectivity index (χ0) is 10.4. The highest BCUT2D eigenvalue weighted by molar-refractivity contribution is 5.32. The Hall–Kier alpha value is -1.26. The van der Waals surface area contributed by atoms with Gasteiger partial charge in [-0.05, 0) is 12.1 Å². The average molecular weight is 197 g/mol. The first-order valence-electron chi connectivity index (χ1n) is 4.41. The predicted molar refractivity (Wildman–Crippen MR) is 53.6 cm³/mol. The van der Waals surface area contributed by atoms with Gasteiger partial charge in [-0.3, -0.25) is 0 Å². The first kappa shape index (κ1) is 10.8. The number of rotatable bonds is 5. The van der Waals surface area contributed by atoms with E-state index < -0.39 is 6.10 Å². The maximum Gasteiger partial charge on any atom is 0.123 e. The van der Waals surface area contributed by atoms with Crippen LogP contribution in [0.2, 0.25) is 0 Å². The summed E-state index contributed by atoms with van der Waals surface area (Å²) in [4.78, 5) is 0. The SMILES string of the molecule is COc1cccc(OC[C@@H](O)CN)c1. The molecule has 0 aliphatic heterocycles. The molecule has 0 fully saturated rings. The molecular formula is C10H15NO3. The zero-order valence-corrected chi connectivity index (χ0v) is 8.14. The van der Waals surface area contributed by atoms with Gasteiger partial charge in [0.15, 0.2) is 0 Å². The summed E-state index contributed by atoms with van der Waals surface area (Å²) in [5.41, 5.74) is 5.24. The lowest BCUT2D eigenvalue weighted by Gasteiger charge is -2.10. The summed E-state index contributed by atoms with van der Waals surface area (Å²) in [6, 6.07) is 7.20. The van der Waals surface area contributed by atoms with Crippen LogP contribution in [-0.2, 0) is 0 Å². The highest BCUT2D eigenvalue weighted by Crippen LogP contribution is 2.18. The largest absolute Gasteiger partial charge is 0.497 e. The van der Waals surface area contributed by atoms with Crippen LogP contribution in [0, 0.1) is 0 Å². The minimum absolute atomic E-state index is 0.198. The summed E-state index contributed by atoms with van der Waals surface area (Å²) in [5, 5.41) is 9.16. The lowest BCUT2D eigenvalue weighted by Crippen LogP contribution is -2.26. The van der Waals surface area contributed by atoms with E-state index in [-0.39, 0.29) is 13.2 Å². The summed E-state index contributed by atoms with van der Waals surface area (Å²) in [7, 11) is 1.59. The highest BCUT2D eigenvalue weighted by Gasteiger charge is 2.02. The molecule has 0 unspecified atom stereocenters. The molecule has 0 bridgehead atoms. The number of hydrogen-bond donors (Lipinski definition) is 2. The minimum atomic E-state index is -0.624. The Balaban J connectivity index is 2.50. The number of methoxy groups -OCH3 is 1. The third kappa shape index (κ3) is 3.24. The number of aliphatic hydroxyl groups excluding tert-OH is 1. The van der Waals surface area contributed by atoms with E-state index in [9.17, 15) is 0 Å². The Labute approximate surface area is 83.3 Å². The van der Waals surface area contributed by atoms with E-state index in [0.29, 0.717) is 5.75 Å². The van der Waals surface area contributed by atoms with Crippen LogP contribution in [0.15, 0.2) is 24.3 Å². The zero-order valence-electron chi connectivity index (χ0n) is 8.14. The van der Waals surface area contributed by atoms with E-state index in [1.165, 1.54) is 0 Å². The monoisotopic (exact) mass is 197 g/mol. The van der Waals surface area contributed by atoms with Gasteiger partial charge in [-0.2, -0.15) is 0 Å². The first-order valence-corrected chi connectivity index (χ1v) is 4.41. The highest BCUT2D eigenvalue weighted by atomic mass is 16.5. The molecule has 1 rings (SSSR count). The lowest BCUT2D eigenvalue weighted by molar-refractivity contribution is 0.114. The fourth-order valence-corrected chi connectivity index (χ4v) is 0.951. The number of hydrogen-bond acceptors (Lipinski definition) is 4. The van der Waals surface area contributed by atoms with Crippen molar-refractivity contribution in [3.8, 4) is 11.5 Å². The second kappa shape index (κ2) is 5.47. The van der Waals surface area contributed by atoms with Crippen LogP contribution in [0.4, 0.5) is 0 Å². The van der Waals surface area contributed by atoms with Crippen LogP contribution in [0.3, 0.4) is 0 Å². The summed E-state index contributed by atoms with van der Waals surface area (Å²) in [6.07, 6.45) is -0.624. The Morgan fingerprint density at radius 1 is 1.43 bits per heavy atom. The molecule has 3 N–H and O–H groups in total. The van der Waals surface area contributed by atoms with Crippen LogP contribution in [0.1, 0.15) is 0 Å². The van der Waals surface area contributed by atoms with Crippen LogP contribution in [0.5, 0.6) is 11.5 Å². The Bertz CT molecular complexity index is 278. The van der Waals surface area contributed by atoms with Crippen molar-refractivity contribution in [2.24, 2.45) is 5.73 Å². The van der Waals surface area contributed by atoms with Crippen LogP contribution >= 0.6 is 0 Å². The van der Waals surface area contributed by atoms with Crippen molar-refractivity contribution in [2.75, 3.05) is 20.3 Å². The molecule has 0 aliphatic rings. The Kier molecular flexibility index (Phi) is 4.22. The lowest BCUT2D eigenvalue weighted by atomic mass is 10.3. The summed E-state index contributed by atoms with van der Waals surface area (Å²) in [5.74, 6) is 1.39. The molecule has 1 aromatic rings. The molecule has 4 nitrogen and oxygen atoms in total. The van der Waals surface area contributed by atoms with E-state index >= 15 is 0 Å². The number of ether oxygens (including phenoxy) is 2. The molecule has 14 heavy (non-hydrogen) atoms. The average Bonchev–Trinajstić information content (AvgIpc) is 2.26. The molecule has 4 heteroatoms. The molecule has 0 radical (unpaired) electrons. The topological polar surface area (TPSA) is 64.7 Å². The Morgan fingerprint density at radius 3 is 2.79 bits per heavy atom. The van der Waals surface area contributed by atoms with Crippen molar-refractivity contribution in [2.45, 2.75) is 6.10 Å². The molecule has 0 aromatic heterocycles. The maximum absolute atomic E-state index is 9.16. The molecule has 0 spiro atoms. The van der Waals surface area contributed by atoms with Gasteiger partial charge in [0.2, 0.25) is 0 Å². The fraction of sp³-hybridized carbons (Fsp3) is 0.400. The van der Waals surface area contributed by atoms with Gasteiger partial charge in [-0.25, -0.2) is 0 Å². The van der Waals surface area contributed by atoms with Crippen molar-refractivity contribution in [1.29, 1.82) is 0 Å². The van der Waals surface area contributed by atoms with Crippen molar-refractivity contribution in [3.05, 3.63) is 24.3 Å². The van der Waals surface area contributed by atoms with Crippen LogP contribution < -0.4 is 15.2 Å². The summed E-state index contributed by atoms with van der Waals surface area (Å²) >= 11 is 0. The quantitative estimate of drug-likeness (QED) is 0.716. The van der Waals surface area contributed by atoms with E-state index in [1.807, 2.05) is 12.1 Å². The molecular weight excluding hydrogens is 182 g/mol. The van der Waals surface area contributed by atoms with Crippen molar-refractivity contribution < 1.29 is 14.6 Å². The van der Waals surface area contributed by atoms with Crippen LogP contribution in [0.25, 0.3) is 0 Å². The van der Waals surface area contributed by atoms with E-state index in [2.05, 4.69) is 0 Å². The fourth-order valence-electron chi connectivity index (χ4n) is 0.951. The molecule has 1 atom stereocenters. The standard InChI is InChI=1S/C10H15NO3/c1-13-9-3-2-4-10(5-9)14-7-8(12)6-11/h2-5,8,12H,6-7,11H2,1H3/t8-/m0/s1. The second-order valence-corrected chi connectivity index (χ2v) is 2.88. The first-order chi connectivity index (χ1) is 6.76. The van der Waals surface area contributed by atoms with E-state index in [1.54, 1.807) is 19.2 Å².